The predicted molar refractivity (Wildman–Crippen MR) is 239 cm³/mol. The van der Waals surface area contributed by atoms with Crippen LogP contribution in [0.5, 0.6) is 0 Å². The Labute approximate surface area is 357 Å². The van der Waals surface area contributed by atoms with Gasteiger partial charge >= 0.3 is 5.97 Å². The molecule has 2 atom stereocenters. The second-order valence-electron chi connectivity index (χ2n) is 15.5. The average molecular weight is 828 g/mol. The summed E-state index contributed by atoms with van der Waals surface area (Å²) in [4.78, 5) is 46.1. The first-order chi connectivity index (χ1) is 30.2. The summed E-state index contributed by atoms with van der Waals surface area (Å²) in [6.07, 6.45) is 11.7. The van der Waals surface area contributed by atoms with E-state index in [1.54, 1.807) is 70.2 Å². The van der Waals surface area contributed by atoms with Crippen LogP contribution >= 0.6 is 0 Å². The van der Waals surface area contributed by atoms with E-state index in [1.807, 2.05) is 60.7 Å². The number of anilines is 6. The third-order valence-electron chi connectivity index (χ3n) is 11.3. The third kappa shape index (κ3) is 8.30. The molecular weight excluding hydrogens is 783 g/mol. The first kappa shape index (κ1) is 39.6. The zero-order valence-electron chi connectivity index (χ0n) is 34.3. The summed E-state index contributed by atoms with van der Waals surface area (Å²) in [5.74, 6) is 1.94. The number of nitrogens with one attached hydrogen (secondary N) is 2. The summed E-state index contributed by atoms with van der Waals surface area (Å²) in [6.45, 7) is 6.50. The van der Waals surface area contributed by atoms with E-state index in [9.17, 15) is 14.7 Å². The molecule has 0 aliphatic carbocycles. The summed E-state index contributed by atoms with van der Waals surface area (Å²) in [7, 11) is 0. The normalized spacial score (nSPS) is 16.0. The molecule has 5 N–H and O–H groups in total. The minimum atomic E-state index is -0.971. The van der Waals surface area contributed by atoms with Crippen molar-refractivity contribution in [2.75, 3.05) is 33.5 Å². The maximum absolute atomic E-state index is 11.6. The molecule has 62 heavy (non-hydrogen) atoms. The molecule has 2 aromatic carbocycles. The molecule has 0 bridgehead atoms. The van der Waals surface area contributed by atoms with E-state index >= 15 is 0 Å². The molecule has 2 aliphatic rings. The van der Waals surface area contributed by atoms with Gasteiger partial charge in [0.15, 0.2) is 11.3 Å². The van der Waals surface area contributed by atoms with Gasteiger partial charge in [-0.15, -0.1) is 0 Å². The van der Waals surface area contributed by atoms with Crippen molar-refractivity contribution in [2.45, 2.75) is 51.6 Å². The number of pyridine rings is 2. The number of hydrogen-bond acceptors (Lipinski definition) is 12. The molecular formula is C46H45N13O3. The standard InChI is InChI=1S/C23H23N7O.C23H22N6O2/c1-15-5-4-11-29(15)21-9-3-8-20(27-21)26-19-14-18(28-30-12-10-25-23(19)30)16-6-2-7-17(13-16)22(24)31;1-15-5-4-11-28(15)21-9-3-8-20(26-21)25-19-14-18(27-29-12-10-24-22(19)29)16-6-2-7-17(13-16)23(30)31/h2-3,6-10,12-15H,4-5,11H2,1H3,(H2,24,31)(H,26,27);2-3,6-10,12-15H,4-5,11H2,1H3,(H,25,26)(H,30,31). The van der Waals surface area contributed by atoms with Crippen LogP contribution in [0, 0.1) is 0 Å². The fourth-order valence-electron chi connectivity index (χ4n) is 8.07. The van der Waals surface area contributed by atoms with E-state index in [1.165, 1.54) is 25.7 Å². The molecule has 8 aromatic rings. The molecule has 2 saturated heterocycles. The molecule has 16 nitrogen and oxygen atoms in total. The van der Waals surface area contributed by atoms with Gasteiger partial charge in [0, 0.05) is 66.7 Å². The number of hydrogen-bond donors (Lipinski definition) is 4. The number of carbonyl (C=O) groups excluding carboxylic acids is 1. The van der Waals surface area contributed by atoms with Crippen molar-refractivity contribution in [2.24, 2.45) is 5.73 Å². The Bertz CT molecular complexity index is 2730. The fraction of sp³-hybridized carbons (Fsp3) is 0.217. The minimum Gasteiger partial charge on any atom is -0.478 e. The van der Waals surface area contributed by atoms with Crippen molar-refractivity contribution >= 4 is 57.8 Å². The van der Waals surface area contributed by atoms with Crippen molar-refractivity contribution in [3.8, 4) is 22.5 Å². The largest absolute Gasteiger partial charge is 0.478 e. The van der Waals surface area contributed by atoms with Crippen molar-refractivity contribution in [3.05, 3.63) is 133 Å². The van der Waals surface area contributed by atoms with E-state index in [0.29, 0.717) is 45.9 Å². The molecule has 16 heteroatoms. The van der Waals surface area contributed by atoms with E-state index in [-0.39, 0.29) is 5.56 Å². The van der Waals surface area contributed by atoms with E-state index in [4.69, 9.17) is 15.7 Å². The number of fused-ring (bicyclic) bond motifs is 2. The van der Waals surface area contributed by atoms with Gasteiger partial charge in [-0.25, -0.2) is 33.8 Å². The van der Waals surface area contributed by atoms with Gasteiger partial charge in [-0.3, -0.25) is 4.79 Å². The lowest BCUT2D eigenvalue weighted by atomic mass is 10.1. The zero-order chi connectivity index (χ0) is 42.7. The Morgan fingerprint density at radius 2 is 1.11 bits per heavy atom. The smallest absolute Gasteiger partial charge is 0.335 e. The number of amides is 1. The Kier molecular flexibility index (Phi) is 10.9. The van der Waals surface area contributed by atoms with E-state index in [2.05, 4.69) is 54.4 Å². The van der Waals surface area contributed by atoms with Crippen LogP contribution < -0.4 is 26.2 Å². The molecule has 2 aliphatic heterocycles. The molecule has 6 aromatic heterocycles. The van der Waals surface area contributed by atoms with Crippen LogP contribution in [0.1, 0.15) is 60.2 Å². The van der Waals surface area contributed by atoms with Gasteiger partial charge in [-0.2, -0.15) is 10.2 Å². The van der Waals surface area contributed by atoms with Crippen LogP contribution in [0.25, 0.3) is 33.8 Å². The molecule has 0 saturated carbocycles. The number of carboxylic acids is 1. The van der Waals surface area contributed by atoms with Gasteiger partial charge in [-0.1, -0.05) is 36.4 Å². The monoisotopic (exact) mass is 827 g/mol. The number of imidazole rings is 2. The maximum atomic E-state index is 11.6. The van der Waals surface area contributed by atoms with Crippen molar-refractivity contribution in [3.63, 3.8) is 0 Å². The number of nitrogens with zero attached hydrogens (tertiary/aromatic N) is 10. The van der Waals surface area contributed by atoms with Gasteiger partial charge in [0.05, 0.1) is 28.3 Å². The lowest BCUT2D eigenvalue weighted by molar-refractivity contribution is 0.0696. The van der Waals surface area contributed by atoms with Gasteiger partial charge in [0.2, 0.25) is 5.91 Å². The van der Waals surface area contributed by atoms with Crippen molar-refractivity contribution < 1.29 is 14.7 Å². The van der Waals surface area contributed by atoms with Crippen LogP contribution in [0.4, 0.5) is 34.6 Å². The van der Waals surface area contributed by atoms with Gasteiger partial charge in [0.1, 0.15) is 23.3 Å². The number of aromatic nitrogens is 8. The minimum absolute atomic E-state index is 0.216. The highest BCUT2D eigenvalue weighted by atomic mass is 16.4. The van der Waals surface area contributed by atoms with Crippen molar-refractivity contribution in [1.82, 2.24) is 39.2 Å². The molecule has 1 amide bonds. The Balaban J connectivity index is 0.000000158. The number of carbonyl (C=O) groups is 2. The average Bonchev–Trinajstić information content (AvgIpc) is 4.13. The Morgan fingerprint density at radius 3 is 1.56 bits per heavy atom. The summed E-state index contributed by atoms with van der Waals surface area (Å²) < 4.78 is 3.39. The first-order valence-corrected chi connectivity index (χ1v) is 20.6. The molecule has 10 rings (SSSR count). The number of primary amides is 1. The fourth-order valence-corrected chi connectivity index (χ4v) is 8.07. The number of carboxylic acid groups (broad SMARTS) is 1. The summed E-state index contributed by atoms with van der Waals surface area (Å²) in [6, 6.07) is 30.6. The van der Waals surface area contributed by atoms with Gasteiger partial charge < -0.3 is 31.3 Å². The van der Waals surface area contributed by atoms with Gasteiger partial charge in [-0.05, 0) is 100 Å². The van der Waals surface area contributed by atoms with Crippen LogP contribution in [0.3, 0.4) is 0 Å². The molecule has 2 unspecified atom stereocenters. The summed E-state index contributed by atoms with van der Waals surface area (Å²) in [5, 5.41) is 25.3. The molecule has 0 spiro atoms. The lowest BCUT2D eigenvalue weighted by Crippen LogP contribution is -2.27. The van der Waals surface area contributed by atoms with Crippen LogP contribution in [0.2, 0.25) is 0 Å². The molecule has 312 valence electrons. The van der Waals surface area contributed by atoms with Crippen molar-refractivity contribution in [1.29, 1.82) is 0 Å². The van der Waals surface area contributed by atoms with Crippen LogP contribution in [-0.2, 0) is 0 Å². The number of nitrogens with two attached hydrogens (primary N) is 1. The molecule has 2 fully saturated rings. The SMILES string of the molecule is CC1CCCN1c1cccc(Nc2cc(-c3cccc(C(=O)O)c3)nn3ccnc23)n1.CC1CCCN1c1cccc(Nc2cc(-c3cccc(C(N)=O)c3)nn3ccnc23)n1. The molecule has 8 heterocycles. The van der Waals surface area contributed by atoms with Crippen LogP contribution in [-0.4, -0.2) is 81.3 Å². The second kappa shape index (κ2) is 17.0. The lowest BCUT2D eigenvalue weighted by Gasteiger charge is -2.23. The number of benzene rings is 2. The second-order valence-corrected chi connectivity index (χ2v) is 15.5. The first-order valence-electron chi connectivity index (χ1n) is 20.6. The summed E-state index contributed by atoms with van der Waals surface area (Å²) >= 11 is 0. The zero-order valence-corrected chi connectivity index (χ0v) is 34.3. The predicted octanol–water partition coefficient (Wildman–Crippen LogP) is 7.84. The van der Waals surface area contributed by atoms with E-state index < -0.39 is 11.9 Å². The van der Waals surface area contributed by atoms with E-state index in [0.717, 1.165) is 53.3 Å². The highest BCUT2D eigenvalue weighted by Gasteiger charge is 2.23. The van der Waals surface area contributed by atoms with Crippen LogP contribution in [0.15, 0.2) is 122 Å². The Hall–Kier alpha value is -7.88. The highest BCUT2D eigenvalue weighted by Crippen LogP contribution is 2.31. The highest BCUT2D eigenvalue weighted by molar-refractivity contribution is 5.94. The topological polar surface area (TPSA) is 197 Å². The summed E-state index contributed by atoms with van der Waals surface area (Å²) in [5.41, 5.74) is 11.8. The number of rotatable bonds is 10. The molecule has 0 radical (unpaired) electrons. The Morgan fingerprint density at radius 1 is 0.645 bits per heavy atom. The maximum Gasteiger partial charge on any atom is 0.335 e. The quantitative estimate of drug-likeness (QED) is 0.104. The third-order valence-corrected chi connectivity index (χ3v) is 11.3. The van der Waals surface area contributed by atoms with Gasteiger partial charge in [0.25, 0.3) is 0 Å². The number of aromatic carboxylic acids is 1.